The summed E-state index contributed by atoms with van der Waals surface area (Å²) >= 11 is 0. The van der Waals surface area contributed by atoms with Crippen molar-refractivity contribution in [2.75, 3.05) is 13.2 Å². The Balaban J connectivity index is 3.40. The van der Waals surface area contributed by atoms with E-state index in [-0.39, 0.29) is 18.5 Å². The number of carbonyl (C=O) groups is 1. The standard InChI is InChI=1S/C11H22O3/c1-3-4-5-6-11(13)9-10(2)14-8-7-12/h10,12H,3-9H2,1-2H3. The Kier molecular flexibility index (Phi) is 8.89. The minimum atomic E-state index is -0.0590. The van der Waals surface area contributed by atoms with E-state index in [9.17, 15) is 4.79 Å². The number of aliphatic hydroxyl groups is 1. The van der Waals surface area contributed by atoms with Crippen LogP contribution in [0.15, 0.2) is 0 Å². The van der Waals surface area contributed by atoms with Crippen LogP contribution in [0.5, 0.6) is 0 Å². The number of carbonyl (C=O) groups excluding carboxylic acids is 1. The van der Waals surface area contributed by atoms with Gasteiger partial charge in [-0.1, -0.05) is 19.8 Å². The van der Waals surface area contributed by atoms with Gasteiger partial charge in [0.1, 0.15) is 5.78 Å². The van der Waals surface area contributed by atoms with Gasteiger partial charge in [0, 0.05) is 12.8 Å². The van der Waals surface area contributed by atoms with Gasteiger partial charge >= 0.3 is 0 Å². The molecule has 0 bridgehead atoms. The van der Waals surface area contributed by atoms with Crippen molar-refractivity contribution in [2.24, 2.45) is 0 Å². The average Bonchev–Trinajstić information content (AvgIpc) is 2.15. The SMILES string of the molecule is CCCCCC(=O)CC(C)OCCO. The molecule has 0 spiro atoms. The third-order valence-electron chi connectivity index (χ3n) is 2.07. The van der Waals surface area contributed by atoms with Crippen molar-refractivity contribution in [3.05, 3.63) is 0 Å². The number of unbranched alkanes of at least 4 members (excludes halogenated alkanes) is 2. The van der Waals surface area contributed by atoms with Crippen molar-refractivity contribution in [1.29, 1.82) is 0 Å². The Morgan fingerprint density at radius 2 is 2.14 bits per heavy atom. The van der Waals surface area contributed by atoms with Crippen LogP contribution in [0, 0.1) is 0 Å². The van der Waals surface area contributed by atoms with E-state index in [0.717, 1.165) is 19.3 Å². The molecule has 0 aliphatic heterocycles. The van der Waals surface area contributed by atoms with Crippen LogP contribution in [-0.2, 0) is 9.53 Å². The van der Waals surface area contributed by atoms with E-state index in [1.165, 1.54) is 0 Å². The second-order valence-electron chi connectivity index (χ2n) is 3.60. The molecule has 0 aromatic carbocycles. The van der Waals surface area contributed by atoms with Gasteiger partial charge in [-0.3, -0.25) is 4.79 Å². The van der Waals surface area contributed by atoms with Gasteiger partial charge in [-0.2, -0.15) is 0 Å². The zero-order valence-electron chi connectivity index (χ0n) is 9.29. The second-order valence-corrected chi connectivity index (χ2v) is 3.60. The Hall–Kier alpha value is -0.410. The van der Waals surface area contributed by atoms with Gasteiger partial charge in [-0.05, 0) is 13.3 Å². The molecule has 1 N–H and O–H groups in total. The number of Topliss-reactive ketones (excluding diaryl/α,β-unsaturated/α-hetero) is 1. The Morgan fingerprint density at radius 1 is 1.43 bits per heavy atom. The van der Waals surface area contributed by atoms with Gasteiger partial charge < -0.3 is 9.84 Å². The van der Waals surface area contributed by atoms with Gasteiger partial charge in [0.05, 0.1) is 19.3 Å². The molecule has 1 unspecified atom stereocenters. The summed E-state index contributed by atoms with van der Waals surface area (Å²) in [6.07, 6.45) is 4.34. The summed E-state index contributed by atoms with van der Waals surface area (Å²) in [7, 11) is 0. The van der Waals surface area contributed by atoms with Crippen LogP contribution in [0.25, 0.3) is 0 Å². The van der Waals surface area contributed by atoms with Crippen LogP contribution in [0.2, 0.25) is 0 Å². The van der Waals surface area contributed by atoms with Gasteiger partial charge in [0.2, 0.25) is 0 Å². The molecule has 0 aliphatic rings. The molecule has 0 saturated heterocycles. The summed E-state index contributed by atoms with van der Waals surface area (Å²) in [5.41, 5.74) is 0. The fourth-order valence-corrected chi connectivity index (χ4v) is 1.31. The highest BCUT2D eigenvalue weighted by molar-refractivity contribution is 5.78. The number of ether oxygens (including phenoxy) is 1. The summed E-state index contributed by atoms with van der Waals surface area (Å²) in [5.74, 6) is 0.267. The lowest BCUT2D eigenvalue weighted by atomic mass is 10.1. The number of ketones is 1. The molecule has 0 heterocycles. The van der Waals surface area contributed by atoms with E-state index < -0.39 is 0 Å². The molecule has 3 heteroatoms. The molecule has 0 saturated carbocycles. The number of hydrogen-bond acceptors (Lipinski definition) is 3. The third-order valence-corrected chi connectivity index (χ3v) is 2.07. The molecule has 1 atom stereocenters. The topological polar surface area (TPSA) is 46.5 Å². The summed E-state index contributed by atoms with van der Waals surface area (Å²) in [5, 5.41) is 8.51. The Bertz CT molecular complexity index is 145. The molecular weight excluding hydrogens is 180 g/mol. The van der Waals surface area contributed by atoms with Crippen LogP contribution >= 0.6 is 0 Å². The summed E-state index contributed by atoms with van der Waals surface area (Å²) in [4.78, 5) is 11.3. The smallest absolute Gasteiger partial charge is 0.135 e. The molecule has 0 radical (unpaired) electrons. The molecule has 0 aliphatic carbocycles. The minimum Gasteiger partial charge on any atom is -0.394 e. The third kappa shape index (κ3) is 8.20. The maximum absolute atomic E-state index is 11.3. The first kappa shape index (κ1) is 13.6. The minimum absolute atomic E-state index is 0.0222. The van der Waals surface area contributed by atoms with Crippen LogP contribution in [-0.4, -0.2) is 30.2 Å². The molecule has 0 aromatic rings. The van der Waals surface area contributed by atoms with Crippen molar-refractivity contribution in [3.8, 4) is 0 Å². The van der Waals surface area contributed by atoms with Crippen molar-refractivity contribution in [2.45, 2.75) is 52.1 Å². The zero-order valence-corrected chi connectivity index (χ0v) is 9.29. The lowest BCUT2D eigenvalue weighted by Crippen LogP contribution is -2.16. The predicted octanol–water partition coefficient (Wildman–Crippen LogP) is 1.92. The monoisotopic (exact) mass is 202 g/mol. The molecule has 84 valence electrons. The van der Waals surface area contributed by atoms with Crippen LogP contribution < -0.4 is 0 Å². The molecule has 0 amide bonds. The lowest BCUT2D eigenvalue weighted by Gasteiger charge is -2.10. The number of rotatable bonds is 9. The molecule has 0 rings (SSSR count). The molecular formula is C11H22O3. The largest absolute Gasteiger partial charge is 0.394 e. The van der Waals surface area contributed by atoms with Crippen LogP contribution in [0.3, 0.4) is 0 Å². The first-order valence-electron chi connectivity index (χ1n) is 5.44. The van der Waals surface area contributed by atoms with E-state index in [1.807, 2.05) is 6.92 Å². The van der Waals surface area contributed by atoms with Crippen LogP contribution in [0.1, 0.15) is 46.0 Å². The van der Waals surface area contributed by atoms with Gasteiger partial charge in [0.15, 0.2) is 0 Å². The quantitative estimate of drug-likeness (QED) is 0.581. The molecule has 0 aromatic heterocycles. The van der Waals surface area contributed by atoms with Gasteiger partial charge in [-0.25, -0.2) is 0 Å². The first-order valence-corrected chi connectivity index (χ1v) is 5.44. The average molecular weight is 202 g/mol. The summed E-state index contributed by atoms with van der Waals surface area (Å²) < 4.78 is 5.20. The highest BCUT2D eigenvalue weighted by Crippen LogP contribution is 2.05. The zero-order chi connectivity index (χ0) is 10.8. The Labute approximate surface area is 86.5 Å². The molecule has 14 heavy (non-hydrogen) atoms. The first-order chi connectivity index (χ1) is 6.70. The van der Waals surface area contributed by atoms with Gasteiger partial charge in [-0.15, -0.1) is 0 Å². The van der Waals surface area contributed by atoms with E-state index in [1.54, 1.807) is 0 Å². The van der Waals surface area contributed by atoms with E-state index in [4.69, 9.17) is 9.84 Å². The van der Waals surface area contributed by atoms with Crippen molar-refractivity contribution in [3.63, 3.8) is 0 Å². The lowest BCUT2D eigenvalue weighted by molar-refractivity contribution is -0.121. The normalized spacial score (nSPS) is 12.8. The Morgan fingerprint density at radius 3 is 2.71 bits per heavy atom. The summed E-state index contributed by atoms with van der Waals surface area (Å²) in [6, 6.07) is 0. The van der Waals surface area contributed by atoms with Crippen molar-refractivity contribution in [1.82, 2.24) is 0 Å². The fourth-order valence-electron chi connectivity index (χ4n) is 1.31. The highest BCUT2D eigenvalue weighted by atomic mass is 16.5. The van der Waals surface area contributed by atoms with Crippen LogP contribution in [0.4, 0.5) is 0 Å². The molecule has 0 fully saturated rings. The highest BCUT2D eigenvalue weighted by Gasteiger charge is 2.08. The van der Waals surface area contributed by atoms with Gasteiger partial charge in [0.25, 0.3) is 0 Å². The fraction of sp³-hybridized carbons (Fsp3) is 0.909. The van der Waals surface area contributed by atoms with Crippen molar-refractivity contribution >= 4 is 5.78 Å². The van der Waals surface area contributed by atoms with E-state index >= 15 is 0 Å². The summed E-state index contributed by atoms with van der Waals surface area (Å²) in [6.45, 7) is 4.34. The van der Waals surface area contributed by atoms with E-state index in [2.05, 4.69) is 6.92 Å². The predicted molar refractivity (Wildman–Crippen MR) is 56.3 cm³/mol. The number of hydrogen-bond donors (Lipinski definition) is 1. The van der Waals surface area contributed by atoms with E-state index in [0.29, 0.717) is 19.4 Å². The van der Waals surface area contributed by atoms with Crippen molar-refractivity contribution < 1.29 is 14.6 Å². The second kappa shape index (κ2) is 9.16. The maximum atomic E-state index is 11.3. The molecule has 3 nitrogen and oxygen atoms in total. The number of aliphatic hydroxyl groups excluding tert-OH is 1. The maximum Gasteiger partial charge on any atom is 0.135 e.